The van der Waals surface area contributed by atoms with Gasteiger partial charge in [-0.1, -0.05) is 41.9 Å². The SMILES string of the molecule is COCc1ccccc1CNc1ccc(C)cc1Cl. The van der Waals surface area contributed by atoms with Crippen LogP contribution in [0.3, 0.4) is 0 Å². The van der Waals surface area contributed by atoms with Gasteiger partial charge in [0, 0.05) is 13.7 Å². The van der Waals surface area contributed by atoms with E-state index < -0.39 is 0 Å². The zero-order valence-corrected chi connectivity index (χ0v) is 12.0. The molecule has 0 aliphatic carbocycles. The standard InChI is InChI=1S/C16H18ClNO/c1-12-7-8-16(15(17)9-12)18-10-13-5-3-4-6-14(13)11-19-2/h3-9,18H,10-11H2,1-2H3. The minimum Gasteiger partial charge on any atom is -0.380 e. The van der Waals surface area contributed by atoms with E-state index in [1.807, 2.05) is 31.2 Å². The number of rotatable bonds is 5. The molecule has 0 amide bonds. The first kappa shape index (κ1) is 13.9. The summed E-state index contributed by atoms with van der Waals surface area (Å²) >= 11 is 6.21. The Morgan fingerprint density at radius 2 is 1.84 bits per heavy atom. The maximum atomic E-state index is 6.21. The molecule has 2 aromatic rings. The Labute approximate surface area is 119 Å². The lowest BCUT2D eigenvalue weighted by molar-refractivity contribution is 0.184. The van der Waals surface area contributed by atoms with Crippen LogP contribution in [-0.2, 0) is 17.9 Å². The van der Waals surface area contributed by atoms with Crippen molar-refractivity contribution in [2.24, 2.45) is 0 Å². The van der Waals surface area contributed by atoms with E-state index in [2.05, 4.69) is 23.5 Å². The van der Waals surface area contributed by atoms with Gasteiger partial charge in [0.2, 0.25) is 0 Å². The van der Waals surface area contributed by atoms with Crippen molar-refractivity contribution in [2.75, 3.05) is 12.4 Å². The second-order valence-corrected chi connectivity index (χ2v) is 4.95. The summed E-state index contributed by atoms with van der Waals surface area (Å²) in [4.78, 5) is 0. The van der Waals surface area contributed by atoms with Gasteiger partial charge in [0.25, 0.3) is 0 Å². The van der Waals surface area contributed by atoms with Crippen LogP contribution in [-0.4, -0.2) is 7.11 Å². The van der Waals surface area contributed by atoms with Crippen LogP contribution in [0.5, 0.6) is 0 Å². The van der Waals surface area contributed by atoms with Crippen molar-refractivity contribution >= 4 is 17.3 Å². The molecule has 0 radical (unpaired) electrons. The minimum absolute atomic E-state index is 0.624. The van der Waals surface area contributed by atoms with E-state index >= 15 is 0 Å². The Morgan fingerprint density at radius 3 is 2.53 bits per heavy atom. The molecule has 100 valence electrons. The van der Waals surface area contributed by atoms with Gasteiger partial charge in [0.05, 0.1) is 17.3 Å². The van der Waals surface area contributed by atoms with Gasteiger partial charge in [-0.15, -0.1) is 0 Å². The molecular weight excluding hydrogens is 258 g/mol. The van der Waals surface area contributed by atoms with Crippen molar-refractivity contribution in [3.63, 3.8) is 0 Å². The van der Waals surface area contributed by atoms with Crippen LogP contribution in [0.1, 0.15) is 16.7 Å². The quantitative estimate of drug-likeness (QED) is 0.873. The lowest BCUT2D eigenvalue weighted by atomic mass is 10.1. The van der Waals surface area contributed by atoms with Gasteiger partial charge in [-0.3, -0.25) is 0 Å². The van der Waals surface area contributed by atoms with Crippen molar-refractivity contribution in [3.05, 3.63) is 64.2 Å². The number of halogens is 1. The number of benzene rings is 2. The summed E-state index contributed by atoms with van der Waals surface area (Å²) in [7, 11) is 1.71. The van der Waals surface area contributed by atoms with Gasteiger partial charge in [-0.05, 0) is 35.7 Å². The molecule has 0 spiro atoms. The second-order valence-electron chi connectivity index (χ2n) is 4.54. The molecule has 0 atom stereocenters. The monoisotopic (exact) mass is 275 g/mol. The molecule has 0 fully saturated rings. The molecular formula is C16H18ClNO. The van der Waals surface area contributed by atoms with Gasteiger partial charge < -0.3 is 10.1 Å². The summed E-state index contributed by atoms with van der Waals surface area (Å²) in [6.07, 6.45) is 0. The van der Waals surface area contributed by atoms with E-state index in [1.165, 1.54) is 11.1 Å². The van der Waals surface area contributed by atoms with E-state index in [0.29, 0.717) is 6.61 Å². The maximum absolute atomic E-state index is 6.21. The smallest absolute Gasteiger partial charge is 0.0716 e. The highest BCUT2D eigenvalue weighted by molar-refractivity contribution is 6.33. The Balaban J connectivity index is 2.10. The molecule has 0 aromatic heterocycles. The number of nitrogens with one attached hydrogen (secondary N) is 1. The molecule has 0 saturated carbocycles. The van der Waals surface area contributed by atoms with Crippen LogP contribution in [0, 0.1) is 6.92 Å². The summed E-state index contributed by atoms with van der Waals surface area (Å²) in [6, 6.07) is 14.3. The Kier molecular flexibility index (Phi) is 4.83. The summed E-state index contributed by atoms with van der Waals surface area (Å²) in [5, 5.41) is 4.12. The summed E-state index contributed by atoms with van der Waals surface area (Å²) < 4.78 is 5.21. The topological polar surface area (TPSA) is 21.3 Å². The normalized spacial score (nSPS) is 10.5. The number of methoxy groups -OCH3 is 1. The molecule has 19 heavy (non-hydrogen) atoms. The van der Waals surface area contributed by atoms with Crippen LogP contribution >= 0.6 is 11.6 Å². The second kappa shape index (κ2) is 6.60. The van der Waals surface area contributed by atoms with Crippen molar-refractivity contribution in [2.45, 2.75) is 20.1 Å². The minimum atomic E-state index is 0.624. The highest BCUT2D eigenvalue weighted by Gasteiger charge is 2.03. The van der Waals surface area contributed by atoms with Crippen LogP contribution in [0.4, 0.5) is 5.69 Å². The summed E-state index contributed by atoms with van der Waals surface area (Å²) in [5.74, 6) is 0. The fraction of sp³-hybridized carbons (Fsp3) is 0.250. The average molecular weight is 276 g/mol. The van der Waals surface area contributed by atoms with Crippen molar-refractivity contribution in [1.29, 1.82) is 0 Å². The highest BCUT2D eigenvalue weighted by atomic mass is 35.5. The third kappa shape index (κ3) is 3.72. The van der Waals surface area contributed by atoms with E-state index in [-0.39, 0.29) is 0 Å². The third-order valence-corrected chi connectivity index (χ3v) is 3.32. The molecule has 0 heterocycles. The van der Waals surface area contributed by atoms with Gasteiger partial charge >= 0.3 is 0 Å². The molecule has 0 unspecified atom stereocenters. The zero-order valence-electron chi connectivity index (χ0n) is 11.2. The van der Waals surface area contributed by atoms with E-state index in [1.54, 1.807) is 7.11 Å². The van der Waals surface area contributed by atoms with Crippen molar-refractivity contribution in [1.82, 2.24) is 0 Å². The summed E-state index contributed by atoms with van der Waals surface area (Å²) in [5.41, 5.74) is 4.54. The lowest BCUT2D eigenvalue weighted by Gasteiger charge is -2.12. The number of anilines is 1. The molecule has 2 rings (SSSR count). The number of hydrogen-bond acceptors (Lipinski definition) is 2. The van der Waals surface area contributed by atoms with Crippen LogP contribution in [0.15, 0.2) is 42.5 Å². The molecule has 0 aliphatic heterocycles. The molecule has 2 aromatic carbocycles. The first-order valence-corrected chi connectivity index (χ1v) is 6.64. The number of hydrogen-bond donors (Lipinski definition) is 1. The molecule has 0 saturated heterocycles. The molecule has 0 aliphatic rings. The van der Waals surface area contributed by atoms with Crippen LogP contribution in [0.2, 0.25) is 5.02 Å². The fourth-order valence-electron chi connectivity index (χ4n) is 1.98. The zero-order chi connectivity index (χ0) is 13.7. The lowest BCUT2D eigenvalue weighted by Crippen LogP contribution is -2.04. The van der Waals surface area contributed by atoms with Crippen molar-refractivity contribution < 1.29 is 4.74 Å². The predicted molar refractivity (Wildman–Crippen MR) is 80.7 cm³/mol. The largest absolute Gasteiger partial charge is 0.380 e. The van der Waals surface area contributed by atoms with E-state index in [0.717, 1.165) is 22.8 Å². The van der Waals surface area contributed by atoms with Crippen molar-refractivity contribution in [3.8, 4) is 0 Å². The van der Waals surface area contributed by atoms with E-state index in [9.17, 15) is 0 Å². The average Bonchev–Trinajstić information content (AvgIpc) is 2.40. The molecule has 2 nitrogen and oxygen atoms in total. The Morgan fingerprint density at radius 1 is 1.11 bits per heavy atom. The van der Waals surface area contributed by atoms with E-state index in [4.69, 9.17) is 16.3 Å². The summed E-state index contributed by atoms with van der Waals surface area (Å²) in [6.45, 7) is 3.39. The molecule has 1 N–H and O–H groups in total. The number of ether oxygens (including phenoxy) is 1. The number of aryl methyl sites for hydroxylation is 1. The van der Waals surface area contributed by atoms with Gasteiger partial charge in [0.1, 0.15) is 0 Å². The van der Waals surface area contributed by atoms with Gasteiger partial charge in [-0.2, -0.15) is 0 Å². The van der Waals surface area contributed by atoms with Gasteiger partial charge in [0.15, 0.2) is 0 Å². The molecule has 0 bridgehead atoms. The predicted octanol–water partition coefficient (Wildman–Crippen LogP) is 4.41. The first-order chi connectivity index (χ1) is 9.20. The van der Waals surface area contributed by atoms with Crippen LogP contribution < -0.4 is 5.32 Å². The van der Waals surface area contributed by atoms with Crippen LogP contribution in [0.25, 0.3) is 0 Å². The highest BCUT2D eigenvalue weighted by Crippen LogP contribution is 2.23. The Hall–Kier alpha value is -1.51. The Bertz CT molecular complexity index is 554. The third-order valence-electron chi connectivity index (χ3n) is 3.01. The van der Waals surface area contributed by atoms with Gasteiger partial charge in [-0.25, -0.2) is 0 Å². The first-order valence-electron chi connectivity index (χ1n) is 6.26. The fourth-order valence-corrected chi connectivity index (χ4v) is 2.28. The maximum Gasteiger partial charge on any atom is 0.0716 e. The molecule has 3 heteroatoms.